The Morgan fingerprint density at radius 2 is 0.955 bits per heavy atom. The van der Waals surface area contributed by atoms with E-state index in [1.807, 2.05) is 54.6 Å². The van der Waals surface area contributed by atoms with Gasteiger partial charge in [-0.2, -0.15) is 18.4 Å². The van der Waals surface area contributed by atoms with Gasteiger partial charge in [-0.15, -0.1) is 0 Å². The smallest absolute Gasteiger partial charge is 0.309 e. The lowest BCUT2D eigenvalue weighted by Gasteiger charge is -2.22. The zero-order valence-corrected chi connectivity index (χ0v) is 37.7. The third-order valence-corrected chi connectivity index (χ3v) is 13.2. The number of benzene rings is 9. The van der Waals surface area contributed by atoms with Crippen LogP contribution in [0.25, 0.3) is 99.5 Å². The van der Waals surface area contributed by atoms with Gasteiger partial charge in [-0.1, -0.05) is 125 Å². The minimum absolute atomic E-state index is 0.102. The molecule has 0 atom stereocenters. The minimum Gasteiger partial charge on any atom is -0.309 e. The van der Waals surface area contributed by atoms with E-state index in [0.29, 0.717) is 27.8 Å². The highest BCUT2D eigenvalue weighted by atomic mass is 19.4. The van der Waals surface area contributed by atoms with Gasteiger partial charge in [0.1, 0.15) is 0 Å². The summed E-state index contributed by atoms with van der Waals surface area (Å²) >= 11 is 0. The van der Waals surface area contributed by atoms with Crippen LogP contribution in [0.5, 0.6) is 0 Å². The molecule has 0 unspecified atom stereocenters. The average molecular weight is 876 g/mol. The van der Waals surface area contributed by atoms with E-state index in [9.17, 15) is 5.26 Å². The van der Waals surface area contributed by atoms with Crippen molar-refractivity contribution in [3.63, 3.8) is 0 Å². The molecule has 0 N–H and O–H groups in total. The summed E-state index contributed by atoms with van der Waals surface area (Å²) in [6.07, 6.45) is -4.63. The number of aromatic nitrogens is 2. The summed E-state index contributed by atoms with van der Waals surface area (Å²) in [5.41, 5.74) is 16.4. The van der Waals surface area contributed by atoms with Gasteiger partial charge in [-0.05, 0) is 152 Å². The Labute approximate surface area is 387 Å². The molecule has 3 nitrogen and oxygen atoms in total. The summed E-state index contributed by atoms with van der Waals surface area (Å²) in [5.74, 6) is 0. The lowest BCUT2D eigenvalue weighted by Crippen LogP contribution is -2.09. The van der Waals surface area contributed by atoms with Gasteiger partial charge in [0.25, 0.3) is 0 Å². The number of hydrogen-bond acceptors (Lipinski definition) is 1. The largest absolute Gasteiger partial charge is 0.417 e. The monoisotopic (exact) mass is 875 g/mol. The van der Waals surface area contributed by atoms with Crippen LogP contribution in [0, 0.1) is 45.9 Å². The van der Waals surface area contributed by atoms with Gasteiger partial charge < -0.3 is 9.13 Å². The van der Waals surface area contributed by atoms with Gasteiger partial charge in [0.2, 0.25) is 0 Å². The number of nitriles is 1. The Morgan fingerprint density at radius 3 is 1.52 bits per heavy atom. The standard InChI is InChI=1S/C61H44F3N3/c1-36-25-37(2)28-44(27-36)42-18-23-57-52(32-42)47-12-6-8-15-55(47)66(57)46-20-21-49(60-40(5)11-10-14-54(60)61(62,63)64)50(34-46)51-31-41(35-65)17-22-58(51)67-56-16-9-7-13-48(56)53-33-43(19-24-59(53)67)45-29-38(3)26-39(4)30-45/h6-34H,1-5H3. The van der Waals surface area contributed by atoms with Gasteiger partial charge in [0.05, 0.1) is 45.0 Å². The van der Waals surface area contributed by atoms with Crippen molar-refractivity contribution in [2.75, 3.05) is 0 Å². The quantitative estimate of drug-likeness (QED) is 0.164. The first kappa shape index (κ1) is 41.6. The fourth-order valence-electron chi connectivity index (χ4n) is 10.5. The second-order valence-electron chi connectivity index (χ2n) is 18.0. The predicted molar refractivity (Wildman–Crippen MR) is 270 cm³/mol. The average Bonchev–Trinajstić information content (AvgIpc) is 3.82. The Morgan fingerprint density at radius 1 is 0.418 bits per heavy atom. The number of rotatable bonds is 6. The number of aryl methyl sites for hydroxylation is 5. The number of halogens is 3. The van der Waals surface area contributed by atoms with Gasteiger partial charge in [-0.25, -0.2) is 0 Å². The van der Waals surface area contributed by atoms with Crippen molar-refractivity contribution in [2.24, 2.45) is 0 Å². The summed E-state index contributed by atoms with van der Waals surface area (Å²) in [4.78, 5) is 0. The number of fused-ring (bicyclic) bond motifs is 6. The fraction of sp³-hybridized carbons (Fsp3) is 0.0984. The molecule has 0 amide bonds. The third-order valence-electron chi connectivity index (χ3n) is 13.2. The summed E-state index contributed by atoms with van der Waals surface area (Å²) in [7, 11) is 0. The van der Waals surface area contributed by atoms with Crippen LogP contribution in [0.4, 0.5) is 13.2 Å². The highest BCUT2D eigenvalue weighted by Gasteiger charge is 2.35. The third kappa shape index (κ3) is 7.06. The molecule has 0 saturated carbocycles. The van der Waals surface area contributed by atoms with E-state index in [0.717, 1.165) is 83.3 Å². The van der Waals surface area contributed by atoms with Crippen molar-refractivity contribution >= 4 is 43.6 Å². The molecular formula is C61H44F3N3. The zero-order valence-electron chi connectivity index (χ0n) is 37.7. The Balaban J connectivity index is 1.21. The molecule has 11 aromatic rings. The second-order valence-corrected chi connectivity index (χ2v) is 18.0. The van der Waals surface area contributed by atoms with Crippen LogP contribution in [0.3, 0.4) is 0 Å². The van der Waals surface area contributed by atoms with E-state index in [4.69, 9.17) is 0 Å². The van der Waals surface area contributed by atoms with Crippen LogP contribution in [0.15, 0.2) is 176 Å². The van der Waals surface area contributed by atoms with Crippen molar-refractivity contribution in [2.45, 2.75) is 40.8 Å². The van der Waals surface area contributed by atoms with E-state index in [1.165, 1.54) is 28.3 Å². The molecule has 9 aromatic carbocycles. The molecule has 67 heavy (non-hydrogen) atoms. The topological polar surface area (TPSA) is 33.6 Å². The first-order valence-corrected chi connectivity index (χ1v) is 22.4. The van der Waals surface area contributed by atoms with Crippen LogP contribution in [0.1, 0.15) is 38.9 Å². The zero-order chi connectivity index (χ0) is 46.3. The van der Waals surface area contributed by atoms with Gasteiger partial charge >= 0.3 is 6.18 Å². The van der Waals surface area contributed by atoms with Crippen LogP contribution in [0.2, 0.25) is 0 Å². The molecule has 0 spiro atoms. The summed E-state index contributed by atoms with van der Waals surface area (Å²) in [5, 5.41) is 14.7. The van der Waals surface area contributed by atoms with E-state index in [1.54, 1.807) is 19.1 Å². The lowest BCUT2D eigenvalue weighted by molar-refractivity contribution is -0.137. The summed E-state index contributed by atoms with van der Waals surface area (Å²) < 4.78 is 50.1. The van der Waals surface area contributed by atoms with Crippen molar-refractivity contribution in [1.29, 1.82) is 5.26 Å². The minimum atomic E-state index is -4.63. The fourth-order valence-corrected chi connectivity index (χ4v) is 10.5. The molecule has 2 heterocycles. The molecule has 11 rings (SSSR count). The maximum Gasteiger partial charge on any atom is 0.417 e. The molecule has 324 valence electrons. The van der Waals surface area contributed by atoms with Crippen LogP contribution in [-0.4, -0.2) is 9.13 Å². The molecule has 0 bridgehead atoms. The van der Waals surface area contributed by atoms with Crippen molar-refractivity contribution in [1.82, 2.24) is 9.13 Å². The number of para-hydroxylation sites is 2. The lowest BCUT2D eigenvalue weighted by atomic mass is 9.87. The number of alkyl halides is 3. The van der Waals surface area contributed by atoms with Crippen LogP contribution < -0.4 is 0 Å². The van der Waals surface area contributed by atoms with Gasteiger partial charge in [-0.3, -0.25) is 0 Å². The molecule has 0 aliphatic heterocycles. The van der Waals surface area contributed by atoms with Crippen LogP contribution >= 0.6 is 0 Å². The Kier molecular flexibility index (Phi) is 9.79. The first-order valence-electron chi connectivity index (χ1n) is 22.4. The maximum atomic E-state index is 15.2. The highest BCUT2D eigenvalue weighted by Crippen LogP contribution is 2.47. The van der Waals surface area contributed by atoms with Crippen molar-refractivity contribution in [3.05, 3.63) is 215 Å². The van der Waals surface area contributed by atoms with Crippen LogP contribution in [-0.2, 0) is 6.18 Å². The Bertz CT molecular complexity index is 3830. The van der Waals surface area contributed by atoms with E-state index < -0.39 is 11.7 Å². The maximum absolute atomic E-state index is 15.2. The molecule has 0 aliphatic carbocycles. The highest BCUT2D eigenvalue weighted by molar-refractivity contribution is 6.12. The summed E-state index contributed by atoms with van der Waals surface area (Å²) in [6, 6.07) is 60.7. The number of nitrogens with zero attached hydrogens (tertiary/aromatic N) is 3. The second kappa shape index (κ2) is 15.8. The van der Waals surface area contributed by atoms with Crippen molar-refractivity contribution in [3.8, 4) is 62.0 Å². The van der Waals surface area contributed by atoms with E-state index in [2.05, 4.69) is 140 Å². The normalized spacial score (nSPS) is 11.9. The predicted octanol–water partition coefficient (Wildman–Crippen LogP) is 17.0. The molecule has 0 saturated heterocycles. The molecule has 0 aliphatic rings. The van der Waals surface area contributed by atoms with E-state index in [-0.39, 0.29) is 5.56 Å². The van der Waals surface area contributed by atoms with Gasteiger partial charge in [0, 0.05) is 32.8 Å². The molecule has 6 heteroatoms. The van der Waals surface area contributed by atoms with E-state index >= 15 is 13.2 Å². The molecular weight excluding hydrogens is 832 g/mol. The SMILES string of the molecule is Cc1cc(C)cc(-c2ccc3c(c2)c2ccccc2n3-c2ccc(-c3c(C)cccc3C(F)(F)F)c(-c3cc(C#N)ccc3-n3c4ccccc4c4cc(-c5cc(C)cc(C)c5)ccc43)c2)c1. The number of hydrogen-bond donors (Lipinski definition) is 0. The van der Waals surface area contributed by atoms with Crippen molar-refractivity contribution < 1.29 is 13.2 Å². The molecule has 0 fully saturated rings. The Hall–Kier alpha value is -8.14. The molecule has 2 aromatic heterocycles. The summed E-state index contributed by atoms with van der Waals surface area (Å²) in [6.45, 7) is 10.2. The molecule has 0 radical (unpaired) electrons. The van der Waals surface area contributed by atoms with Gasteiger partial charge in [0.15, 0.2) is 0 Å². The first-order chi connectivity index (χ1) is 32.3.